The van der Waals surface area contributed by atoms with E-state index in [-0.39, 0.29) is 61.2 Å². The lowest BCUT2D eigenvalue weighted by Crippen LogP contribution is -2.52. The molecule has 4 aromatic carbocycles. The van der Waals surface area contributed by atoms with Gasteiger partial charge in [0.1, 0.15) is 5.75 Å². The lowest BCUT2D eigenvalue weighted by Gasteiger charge is -2.37. The zero-order valence-electron chi connectivity index (χ0n) is 34.4. The SMILES string of the molecule is COc1ccc([Si](C)(C)[C@@H]2[C@@H](CC(=O)N(CCO)Cc3ccccc3)O[C@]3(C(=O)N(Cc4ccc(N5CCCC5=O)cc4)c4ccc(N5CCCC5=O)cc43)[C@H]2C)cc1. The highest BCUT2D eigenvalue weighted by atomic mass is 28.3. The van der Waals surface area contributed by atoms with Crippen molar-refractivity contribution in [3.63, 3.8) is 0 Å². The molecule has 4 heterocycles. The maximum Gasteiger partial charge on any atom is 0.264 e. The van der Waals surface area contributed by atoms with Crippen LogP contribution in [0.15, 0.2) is 97.1 Å². The van der Waals surface area contributed by atoms with Crippen LogP contribution in [0, 0.1) is 5.92 Å². The van der Waals surface area contributed by atoms with Gasteiger partial charge in [-0.2, -0.15) is 0 Å². The Kier molecular flexibility index (Phi) is 11.2. The average Bonchev–Trinajstić information content (AvgIpc) is 4.00. The number of hydrogen-bond donors (Lipinski definition) is 1. The van der Waals surface area contributed by atoms with Crippen molar-refractivity contribution in [2.24, 2.45) is 5.92 Å². The van der Waals surface area contributed by atoms with Crippen LogP contribution >= 0.6 is 0 Å². The number of carbonyl (C=O) groups excluding carboxylic acids is 4. The quantitative estimate of drug-likeness (QED) is 0.162. The maximum absolute atomic E-state index is 15.6. The van der Waals surface area contributed by atoms with Crippen LogP contribution in [0.3, 0.4) is 0 Å². The molecule has 3 saturated heterocycles. The minimum atomic E-state index is -2.59. The van der Waals surface area contributed by atoms with E-state index in [2.05, 4.69) is 32.2 Å². The zero-order chi connectivity index (χ0) is 41.5. The highest BCUT2D eigenvalue weighted by Crippen LogP contribution is 2.60. The van der Waals surface area contributed by atoms with Crippen LogP contribution in [-0.2, 0) is 42.6 Å². The van der Waals surface area contributed by atoms with E-state index in [1.54, 1.807) is 21.8 Å². The van der Waals surface area contributed by atoms with Gasteiger partial charge in [-0.05, 0) is 72.0 Å². The molecule has 4 aliphatic rings. The van der Waals surface area contributed by atoms with E-state index >= 15 is 4.79 Å². The molecular formula is C47H54N4O7Si. The molecule has 4 amide bonds. The minimum absolute atomic E-state index is 0.0276. The molecule has 3 fully saturated rings. The van der Waals surface area contributed by atoms with Gasteiger partial charge < -0.3 is 34.2 Å². The molecule has 0 saturated carbocycles. The van der Waals surface area contributed by atoms with Crippen LogP contribution in [0.1, 0.15) is 55.7 Å². The van der Waals surface area contributed by atoms with Gasteiger partial charge in [0.15, 0.2) is 5.60 Å². The second kappa shape index (κ2) is 16.4. The monoisotopic (exact) mass is 814 g/mol. The number of anilines is 3. The molecule has 11 nitrogen and oxygen atoms in total. The van der Waals surface area contributed by atoms with E-state index in [0.717, 1.165) is 52.0 Å². The van der Waals surface area contributed by atoms with Crippen LogP contribution in [-0.4, -0.2) is 81.2 Å². The number of fused-ring (bicyclic) bond motifs is 2. The van der Waals surface area contributed by atoms with Crippen molar-refractivity contribution in [2.75, 3.05) is 48.1 Å². The summed E-state index contributed by atoms with van der Waals surface area (Å²) < 4.78 is 12.9. The number of aliphatic hydroxyl groups is 1. The fourth-order valence-corrected chi connectivity index (χ4v) is 14.2. The molecule has 0 aromatic heterocycles. The van der Waals surface area contributed by atoms with E-state index in [4.69, 9.17) is 9.47 Å². The van der Waals surface area contributed by atoms with Gasteiger partial charge in [0, 0.05) is 61.9 Å². The maximum atomic E-state index is 15.6. The third-order valence-electron chi connectivity index (χ3n) is 13.2. The summed E-state index contributed by atoms with van der Waals surface area (Å²) in [6.07, 6.45) is 2.01. The first kappa shape index (κ1) is 40.5. The van der Waals surface area contributed by atoms with Crippen LogP contribution in [0.5, 0.6) is 5.75 Å². The number of ether oxygens (including phenoxy) is 2. The van der Waals surface area contributed by atoms with Crippen LogP contribution < -0.4 is 24.6 Å². The highest BCUT2D eigenvalue weighted by Gasteiger charge is 2.66. The molecule has 1 N–H and O–H groups in total. The first-order valence-electron chi connectivity index (χ1n) is 20.9. The standard InChI is InChI=1S/C47H54N4O7Si/c1-32-45(59(3,4)38-21-19-37(57-2)20-22-38)41(29-44(55)48(26-27-52)30-33-10-6-5-7-11-33)58-47(32)39-28-36(50-25-9-13-43(50)54)18-23-40(39)51(46(47)56)31-34-14-16-35(17-15-34)49-24-8-12-42(49)53/h5-7,10-11,14-23,28,32,41,45,52H,8-9,12-13,24-27,29-31H2,1-4H3/t32-,41+,45-,47+/m0/s1. The molecule has 12 heteroatoms. The summed E-state index contributed by atoms with van der Waals surface area (Å²) in [4.78, 5) is 62.7. The van der Waals surface area contributed by atoms with Crippen molar-refractivity contribution in [1.82, 2.24) is 4.90 Å². The lowest BCUT2D eigenvalue weighted by atomic mass is 9.82. The van der Waals surface area contributed by atoms with Gasteiger partial charge in [0.2, 0.25) is 17.7 Å². The Morgan fingerprint density at radius 1 is 0.864 bits per heavy atom. The van der Waals surface area contributed by atoms with Crippen LogP contribution in [0.2, 0.25) is 18.6 Å². The fourth-order valence-electron chi connectivity index (χ4n) is 10.2. The summed E-state index contributed by atoms with van der Waals surface area (Å²) in [7, 11) is -0.942. The number of nitrogens with zero attached hydrogens (tertiary/aromatic N) is 4. The van der Waals surface area contributed by atoms with E-state index < -0.39 is 19.8 Å². The van der Waals surface area contributed by atoms with Gasteiger partial charge >= 0.3 is 0 Å². The molecule has 59 heavy (non-hydrogen) atoms. The second-order valence-electron chi connectivity index (χ2n) is 16.9. The van der Waals surface area contributed by atoms with Crippen molar-refractivity contribution < 1.29 is 33.8 Å². The molecule has 308 valence electrons. The first-order valence-corrected chi connectivity index (χ1v) is 23.9. The minimum Gasteiger partial charge on any atom is -0.497 e. The third-order valence-corrected chi connectivity index (χ3v) is 17.5. The molecule has 0 radical (unpaired) electrons. The third kappa shape index (κ3) is 7.36. The molecule has 0 unspecified atom stereocenters. The summed E-state index contributed by atoms with van der Waals surface area (Å²) in [5.74, 6) is 0.198. The Balaban J connectivity index is 1.21. The summed E-state index contributed by atoms with van der Waals surface area (Å²) in [6, 6.07) is 31.5. The smallest absolute Gasteiger partial charge is 0.264 e. The van der Waals surface area contributed by atoms with Crippen molar-refractivity contribution >= 4 is 54.0 Å². The summed E-state index contributed by atoms with van der Waals surface area (Å²) in [5.41, 5.74) is 3.22. The Morgan fingerprint density at radius 2 is 1.51 bits per heavy atom. The Hall–Kier alpha value is -5.30. The van der Waals surface area contributed by atoms with Crippen molar-refractivity contribution in [2.45, 2.75) is 82.5 Å². The number of carbonyl (C=O) groups is 4. The largest absolute Gasteiger partial charge is 0.497 e. The van der Waals surface area contributed by atoms with Gasteiger partial charge in [0.05, 0.1) is 46.5 Å². The molecular weight excluding hydrogens is 761 g/mol. The lowest BCUT2D eigenvalue weighted by molar-refractivity contribution is -0.150. The number of hydrogen-bond acceptors (Lipinski definition) is 7. The Bertz CT molecular complexity index is 2220. The number of aliphatic hydroxyl groups excluding tert-OH is 1. The zero-order valence-corrected chi connectivity index (χ0v) is 35.4. The first-order chi connectivity index (χ1) is 28.5. The van der Waals surface area contributed by atoms with Crippen LogP contribution in [0.4, 0.5) is 17.1 Å². The summed E-state index contributed by atoms with van der Waals surface area (Å²) >= 11 is 0. The number of amides is 4. The molecule has 8 rings (SSSR count). The molecule has 0 aliphatic carbocycles. The Labute approximate surface area is 347 Å². The van der Waals surface area contributed by atoms with Crippen molar-refractivity contribution in [3.8, 4) is 5.75 Å². The molecule has 4 aliphatic heterocycles. The molecule has 4 atom stereocenters. The van der Waals surface area contributed by atoms with Gasteiger partial charge in [-0.25, -0.2) is 0 Å². The molecule has 1 spiro atoms. The Morgan fingerprint density at radius 3 is 2.12 bits per heavy atom. The van der Waals surface area contributed by atoms with Crippen LogP contribution in [0.25, 0.3) is 0 Å². The normalized spacial score (nSPS) is 22.8. The topological polar surface area (TPSA) is 120 Å². The highest BCUT2D eigenvalue weighted by molar-refractivity contribution is 6.91. The number of methoxy groups -OCH3 is 1. The van der Waals surface area contributed by atoms with Gasteiger partial charge in [0.25, 0.3) is 5.91 Å². The predicted molar refractivity (Wildman–Crippen MR) is 230 cm³/mol. The van der Waals surface area contributed by atoms with Gasteiger partial charge in [-0.15, -0.1) is 0 Å². The van der Waals surface area contributed by atoms with E-state index in [1.807, 2.05) is 89.8 Å². The second-order valence-corrected chi connectivity index (χ2v) is 21.6. The summed E-state index contributed by atoms with van der Waals surface area (Å²) in [5, 5.41) is 11.2. The summed E-state index contributed by atoms with van der Waals surface area (Å²) in [6.45, 7) is 8.56. The molecule has 0 bridgehead atoms. The number of benzene rings is 4. The molecule has 4 aromatic rings. The van der Waals surface area contributed by atoms with Crippen molar-refractivity contribution in [3.05, 3.63) is 114 Å². The predicted octanol–water partition coefficient (Wildman–Crippen LogP) is 6.12. The fraction of sp³-hybridized carbons (Fsp3) is 0.404. The average molecular weight is 815 g/mol. The van der Waals surface area contributed by atoms with Gasteiger partial charge in [-0.1, -0.05) is 79.8 Å². The van der Waals surface area contributed by atoms with E-state index in [9.17, 15) is 19.5 Å². The van der Waals surface area contributed by atoms with Gasteiger partial charge in [-0.3, -0.25) is 19.2 Å². The van der Waals surface area contributed by atoms with E-state index in [1.165, 1.54) is 0 Å². The van der Waals surface area contributed by atoms with Crippen molar-refractivity contribution in [1.29, 1.82) is 0 Å². The van der Waals surface area contributed by atoms with E-state index in [0.29, 0.717) is 38.0 Å². The number of rotatable bonds is 13.